The fraction of sp³-hybridized carbons (Fsp3) is 0.838. The molecule has 4 rings (SSSR count). The average Bonchev–Trinajstić information content (AvgIpc) is 3.50. The molecule has 3 saturated carbocycles. The summed E-state index contributed by atoms with van der Waals surface area (Å²) in [5.41, 5.74) is -0.223. The molecule has 0 radical (unpaired) electrons. The first-order valence-electron chi connectivity index (χ1n) is 17.6. The molecule has 11 nitrogen and oxygen atoms in total. The molecule has 11 heteroatoms. The second-order valence-corrected chi connectivity index (χ2v) is 16.4. The van der Waals surface area contributed by atoms with Crippen LogP contribution in [0.2, 0.25) is 0 Å². The standard InChI is InChI=1S/C37H60O11/c1-20(2)23-10-15-35(7)28(34(23,6)14-13-29(40)41)18-25(39)30-24(11-16-36(30,35)8)37(9,17-12-26(48-44)21(3)4)47-33-32(43)31(42)27(46-33)19-45-22(5)38/h23-28,30-33,39,42-44H,1,3,10-19H2,2,4-9H3,(H,40,41)/t23-,24-,25+,26?,27-,28?,30?,31-,32+,33-,34-,35+,36+,37-/m0/s1. The number of esters is 1. The maximum absolute atomic E-state index is 12.3. The Morgan fingerprint density at radius 1 is 1.02 bits per heavy atom. The molecule has 4 fully saturated rings. The summed E-state index contributed by atoms with van der Waals surface area (Å²) in [7, 11) is 0. The van der Waals surface area contributed by atoms with Crippen LogP contribution in [0.4, 0.5) is 0 Å². The Morgan fingerprint density at radius 2 is 1.67 bits per heavy atom. The van der Waals surface area contributed by atoms with Gasteiger partial charge in [-0.2, -0.15) is 0 Å². The third-order valence-corrected chi connectivity index (χ3v) is 13.6. The molecule has 0 aromatic heterocycles. The second kappa shape index (κ2) is 14.4. The molecule has 0 bridgehead atoms. The van der Waals surface area contributed by atoms with Crippen LogP contribution in [0.5, 0.6) is 0 Å². The van der Waals surface area contributed by atoms with E-state index in [1.165, 1.54) is 6.92 Å². The van der Waals surface area contributed by atoms with Crippen molar-refractivity contribution in [2.75, 3.05) is 6.61 Å². The highest BCUT2D eigenvalue weighted by Crippen LogP contribution is 2.74. The molecule has 5 N–H and O–H groups in total. The number of aliphatic hydroxyl groups excluding tert-OH is 3. The van der Waals surface area contributed by atoms with E-state index in [9.17, 15) is 35.3 Å². The van der Waals surface area contributed by atoms with Gasteiger partial charge in [-0.3, -0.25) is 14.8 Å². The van der Waals surface area contributed by atoms with Gasteiger partial charge in [-0.05, 0) is 118 Å². The minimum absolute atomic E-state index is 0.0580. The van der Waals surface area contributed by atoms with Gasteiger partial charge in [0.1, 0.15) is 31.0 Å². The Bertz CT molecular complexity index is 1220. The van der Waals surface area contributed by atoms with Gasteiger partial charge in [0.15, 0.2) is 6.29 Å². The van der Waals surface area contributed by atoms with Gasteiger partial charge in [-0.25, -0.2) is 4.89 Å². The molecule has 0 aromatic rings. The normalized spacial score (nSPS) is 42.7. The molecule has 1 heterocycles. The van der Waals surface area contributed by atoms with Crippen LogP contribution in [0.15, 0.2) is 24.3 Å². The Morgan fingerprint density at radius 3 is 2.23 bits per heavy atom. The molecule has 0 amide bonds. The zero-order valence-corrected chi connectivity index (χ0v) is 29.9. The van der Waals surface area contributed by atoms with E-state index in [1.54, 1.807) is 6.92 Å². The molecule has 274 valence electrons. The van der Waals surface area contributed by atoms with Crippen molar-refractivity contribution in [1.29, 1.82) is 0 Å². The topological polar surface area (TPSA) is 172 Å². The summed E-state index contributed by atoms with van der Waals surface area (Å²) >= 11 is 0. The summed E-state index contributed by atoms with van der Waals surface area (Å²) in [6.07, 6.45) is -1.21. The van der Waals surface area contributed by atoms with Crippen molar-refractivity contribution in [3.63, 3.8) is 0 Å². The molecule has 3 aliphatic carbocycles. The highest BCUT2D eigenvalue weighted by molar-refractivity contribution is 5.66. The number of hydrogen-bond donors (Lipinski definition) is 5. The summed E-state index contributed by atoms with van der Waals surface area (Å²) in [6, 6.07) is 0. The van der Waals surface area contributed by atoms with Crippen LogP contribution in [0.25, 0.3) is 0 Å². The molecule has 1 saturated heterocycles. The number of carboxylic acids is 1. The summed E-state index contributed by atoms with van der Waals surface area (Å²) in [5, 5.41) is 53.4. The van der Waals surface area contributed by atoms with Crippen LogP contribution < -0.4 is 0 Å². The zero-order chi connectivity index (χ0) is 36.0. The molecule has 14 atom stereocenters. The minimum atomic E-state index is -1.41. The molecule has 0 aromatic carbocycles. The molecule has 4 aliphatic rings. The number of fused-ring (bicyclic) bond motifs is 3. The van der Waals surface area contributed by atoms with Gasteiger partial charge in [0.25, 0.3) is 0 Å². The Balaban J connectivity index is 1.70. The van der Waals surface area contributed by atoms with Crippen LogP contribution in [0, 0.1) is 39.9 Å². The Labute approximate surface area is 285 Å². The summed E-state index contributed by atoms with van der Waals surface area (Å²) in [5.74, 6) is -1.55. The summed E-state index contributed by atoms with van der Waals surface area (Å²) in [6.45, 7) is 21.8. The van der Waals surface area contributed by atoms with E-state index in [0.717, 1.165) is 24.8 Å². The highest BCUT2D eigenvalue weighted by Gasteiger charge is 2.70. The molecular weight excluding hydrogens is 620 g/mol. The lowest BCUT2D eigenvalue weighted by molar-refractivity contribution is -0.280. The number of aliphatic carboxylic acids is 1. The lowest BCUT2D eigenvalue weighted by atomic mass is 9.37. The fourth-order valence-corrected chi connectivity index (χ4v) is 10.9. The quantitative estimate of drug-likeness (QED) is 0.0701. The van der Waals surface area contributed by atoms with Crippen molar-refractivity contribution in [3.8, 4) is 0 Å². The minimum Gasteiger partial charge on any atom is -0.481 e. The van der Waals surface area contributed by atoms with E-state index in [4.69, 9.17) is 19.1 Å². The maximum atomic E-state index is 12.3. The summed E-state index contributed by atoms with van der Waals surface area (Å²) in [4.78, 5) is 28.0. The lowest BCUT2D eigenvalue weighted by Gasteiger charge is -2.67. The van der Waals surface area contributed by atoms with Crippen molar-refractivity contribution in [2.45, 2.75) is 149 Å². The van der Waals surface area contributed by atoms with Crippen molar-refractivity contribution in [3.05, 3.63) is 24.3 Å². The van der Waals surface area contributed by atoms with Gasteiger partial charge in [-0.15, -0.1) is 0 Å². The number of rotatable bonds is 14. The Hall–Kier alpha value is -1.86. The fourth-order valence-electron chi connectivity index (χ4n) is 10.9. The van der Waals surface area contributed by atoms with Crippen molar-refractivity contribution in [1.82, 2.24) is 0 Å². The van der Waals surface area contributed by atoms with Gasteiger partial charge in [0, 0.05) is 13.3 Å². The second-order valence-electron chi connectivity index (χ2n) is 16.4. The van der Waals surface area contributed by atoms with Gasteiger partial charge >= 0.3 is 11.9 Å². The third-order valence-electron chi connectivity index (χ3n) is 13.6. The Kier molecular flexibility index (Phi) is 11.7. The smallest absolute Gasteiger partial charge is 0.303 e. The highest BCUT2D eigenvalue weighted by atomic mass is 17.1. The van der Waals surface area contributed by atoms with E-state index in [-0.39, 0.29) is 52.9 Å². The average molecular weight is 681 g/mol. The summed E-state index contributed by atoms with van der Waals surface area (Å²) < 4.78 is 17.7. The van der Waals surface area contributed by atoms with Gasteiger partial charge < -0.3 is 34.6 Å². The van der Waals surface area contributed by atoms with E-state index >= 15 is 0 Å². The molecule has 3 unspecified atom stereocenters. The first kappa shape index (κ1) is 38.9. The number of carbonyl (C=O) groups excluding carboxylic acids is 1. The number of hydrogen-bond acceptors (Lipinski definition) is 10. The van der Waals surface area contributed by atoms with Crippen LogP contribution in [0.3, 0.4) is 0 Å². The molecule has 1 aliphatic heterocycles. The van der Waals surface area contributed by atoms with Crippen LogP contribution in [-0.2, 0) is 28.7 Å². The van der Waals surface area contributed by atoms with Gasteiger partial charge in [-0.1, -0.05) is 39.5 Å². The number of carbonyl (C=O) groups is 2. The number of allylic oxidation sites excluding steroid dienone is 1. The molecule has 0 spiro atoms. The third kappa shape index (κ3) is 6.90. The predicted molar refractivity (Wildman–Crippen MR) is 177 cm³/mol. The largest absolute Gasteiger partial charge is 0.481 e. The first-order chi connectivity index (χ1) is 22.3. The zero-order valence-electron chi connectivity index (χ0n) is 29.9. The van der Waals surface area contributed by atoms with E-state index in [2.05, 4.69) is 33.9 Å². The van der Waals surface area contributed by atoms with Gasteiger partial charge in [0.05, 0.1) is 11.7 Å². The van der Waals surface area contributed by atoms with Crippen molar-refractivity contribution < 1.29 is 54.4 Å². The maximum Gasteiger partial charge on any atom is 0.303 e. The van der Waals surface area contributed by atoms with E-state index < -0.39 is 54.3 Å². The van der Waals surface area contributed by atoms with E-state index in [0.29, 0.717) is 37.7 Å². The predicted octanol–water partition coefficient (Wildman–Crippen LogP) is 5.26. The lowest BCUT2D eigenvalue weighted by Crippen LogP contribution is -2.64. The van der Waals surface area contributed by atoms with Crippen LogP contribution in [-0.4, -0.2) is 86.6 Å². The van der Waals surface area contributed by atoms with E-state index in [1.807, 2.05) is 13.8 Å². The van der Waals surface area contributed by atoms with Crippen molar-refractivity contribution in [2.24, 2.45) is 39.9 Å². The molecular formula is C37H60O11. The first-order valence-corrected chi connectivity index (χ1v) is 17.6. The molecule has 48 heavy (non-hydrogen) atoms. The van der Waals surface area contributed by atoms with Crippen LogP contribution >= 0.6 is 0 Å². The van der Waals surface area contributed by atoms with Crippen LogP contribution in [0.1, 0.15) is 106 Å². The van der Waals surface area contributed by atoms with Crippen molar-refractivity contribution >= 4 is 11.9 Å². The SMILES string of the molecule is C=C(C)C(CC[C@](C)(O[C@@H]1O[C@@H](COC(C)=O)[C@H](O)[C@H]1O)[C@H]1CC[C@]2(C)C1[C@H](O)CC1[C@@](C)(CCC(=O)O)[C@H](C(=C)C)CC[C@]12C)OO. The monoisotopic (exact) mass is 680 g/mol. The number of carboxylic acid groups (broad SMARTS) is 1. The van der Waals surface area contributed by atoms with Gasteiger partial charge in [0.2, 0.25) is 0 Å². The number of ether oxygens (including phenoxy) is 3. The number of aliphatic hydroxyl groups is 3.